The van der Waals surface area contributed by atoms with Gasteiger partial charge in [-0.25, -0.2) is 0 Å². The van der Waals surface area contributed by atoms with Gasteiger partial charge in [0.15, 0.2) is 0 Å². The first-order valence-electron chi connectivity index (χ1n) is 5.38. The maximum atomic E-state index is 11.6. The molecule has 76 valence electrons. The van der Waals surface area contributed by atoms with E-state index in [1.54, 1.807) is 0 Å². The Kier molecular flexibility index (Phi) is 5.00. The lowest BCUT2D eigenvalue weighted by Crippen LogP contribution is -2.29. The van der Waals surface area contributed by atoms with Crippen LogP contribution in [0.25, 0.3) is 0 Å². The van der Waals surface area contributed by atoms with Crippen LogP contribution in [0, 0.1) is 11.8 Å². The summed E-state index contributed by atoms with van der Waals surface area (Å²) < 4.78 is 0. The van der Waals surface area contributed by atoms with Gasteiger partial charge in [0.25, 0.3) is 0 Å². The van der Waals surface area contributed by atoms with Gasteiger partial charge in [0.2, 0.25) is 0 Å². The molecule has 2 unspecified atom stereocenters. The minimum absolute atomic E-state index is 0.369. The van der Waals surface area contributed by atoms with Gasteiger partial charge in [-0.2, -0.15) is 0 Å². The van der Waals surface area contributed by atoms with Crippen molar-refractivity contribution in [3.05, 3.63) is 0 Å². The van der Waals surface area contributed by atoms with E-state index in [4.69, 9.17) is 0 Å². The molecule has 1 saturated carbocycles. The summed E-state index contributed by atoms with van der Waals surface area (Å²) >= 11 is 3.52. The second kappa shape index (κ2) is 5.79. The topological polar surface area (TPSA) is 17.1 Å². The second-order valence-corrected chi connectivity index (χ2v) is 4.67. The molecule has 1 aliphatic carbocycles. The summed E-state index contributed by atoms with van der Waals surface area (Å²) in [6, 6.07) is 0. The van der Waals surface area contributed by atoms with Crippen LogP contribution in [0.1, 0.15) is 45.4 Å². The lowest BCUT2D eigenvalue weighted by molar-refractivity contribution is -0.126. The Morgan fingerprint density at radius 2 is 2.31 bits per heavy atom. The average molecular weight is 247 g/mol. The highest BCUT2D eigenvalue weighted by molar-refractivity contribution is 9.09. The lowest BCUT2D eigenvalue weighted by atomic mass is 9.77. The van der Waals surface area contributed by atoms with Gasteiger partial charge in [-0.3, -0.25) is 4.79 Å². The van der Waals surface area contributed by atoms with Gasteiger partial charge >= 0.3 is 0 Å². The van der Waals surface area contributed by atoms with E-state index < -0.39 is 0 Å². The molecule has 0 aromatic carbocycles. The summed E-state index contributed by atoms with van der Waals surface area (Å²) in [6.45, 7) is 2.19. The first-order valence-corrected chi connectivity index (χ1v) is 6.50. The van der Waals surface area contributed by atoms with E-state index in [0.29, 0.717) is 17.6 Å². The normalized spacial score (nSPS) is 29.2. The fourth-order valence-corrected chi connectivity index (χ4v) is 2.97. The number of hydrogen-bond donors (Lipinski definition) is 0. The first-order chi connectivity index (χ1) is 6.29. The Morgan fingerprint density at radius 1 is 1.54 bits per heavy atom. The molecular weight excluding hydrogens is 228 g/mol. The third-order valence-corrected chi connectivity index (χ3v) is 3.88. The number of carbonyl (C=O) groups excluding carboxylic acids is 1. The van der Waals surface area contributed by atoms with Crippen molar-refractivity contribution in [1.29, 1.82) is 0 Å². The Hall–Kier alpha value is 0.150. The number of rotatable bonds is 4. The number of ketones is 1. The number of halogens is 1. The molecule has 0 aromatic heterocycles. The molecule has 0 radical (unpaired) electrons. The standard InChI is InChI=1S/C11H19BrO/c1-2-3-6-10-9(8-12)5-4-7-11(10)13/h9-10H,2-8H2,1H3. The van der Waals surface area contributed by atoms with E-state index in [9.17, 15) is 4.79 Å². The Balaban J connectivity index is 2.46. The zero-order valence-corrected chi connectivity index (χ0v) is 9.98. The van der Waals surface area contributed by atoms with Crippen LogP contribution in [-0.4, -0.2) is 11.1 Å². The van der Waals surface area contributed by atoms with Crippen LogP contribution < -0.4 is 0 Å². The number of hydrogen-bond acceptors (Lipinski definition) is 1. The molecule has 1 nitrogen and oxygen atoms in total. The van der Waals surface area contributed by atoms with Crippen LogP contribution in [0.15, 0.2) is 0 Å². The van der Waals surface area contributed by atoms with E-state index in [1.165, 1.54) is 19.3 Å². The van der Waals surface area contributed by atoms with Crippen LogP contribution in [0.4, 0.5) is 0 Å². The van der Waals surface area contributed by atoms with Crippen LogP contribution >= 0.6 is 15.9 Å². The molecular formula is C11H19BrO. The largest absolute Gasteiger partial charge is 0.299 e. The van der Waals surface area contributed by atoms with E-state index >= 15 is 0 Å². The quantitative estimate of drug-likeness (QED) is 0.694. The molecule has 0 heterocycles. The molecule has 1 fully saturated rings. The molecule has 0 aromatic rings. The van der Waals surface area contributed by atoms with Crippen molar-refractivity contribution < 1.29 is 4.79 Å². The minimum atomic E-state index is 0.369. The van der Waals surface area contributed by atoms with Crippen LogP contribution in [0.3, 0.4) is 0 Å². The monoisotopic (exact) mass is 246 g/mol. The van der Waals surface area contributed by atoms with Gasteiger partial charge in [0.05, 0.1) is 0 Å². The molecule has 0 saturated heterocycles. The van der Waals surface area contributed by atoms with Crippen molar-refractivity contribution in [1.82, 2.24) is 0 Å². The van der Waals surface area contributed by atoms with E-state index in [2.05, 4.69) is 22.9 Å². The summed E-state index contributed by atoms with van der Waals surface area (Å²) in [5.74, 6) is 1.50. The van der Waals surface area contributed by atoms with Crippen LogP contribution in [-0.2, 0) is 4.79 Å². The van der Waals surface area contributed by atoms with Crippen molar-refractivity contribution >= 4 is 21.7 Å². The molecule has 2 heteroatoms. The average Bonchev–Trinajstić information content (AvgIpc) is 2.15. The van der Waals surface area contributed by atoms with Gasteiger partial charge in [-0.05, 0) is 25.2 Å². The van der Waals surface area contributed by atoms with Gasteiger partial charge in [0.1, 0.15) is 5.78 Å². The van der Waals surface area contributed by atoms with E-state index in [-0.39, 0.29) is 0 Å². The van der Waals surface area contributed by atoms with Crippen molar-refractivity contribution in [2.45, 2.75) is 45.4 Å². The molecule has 2 atom stereocenters. The lowest BCUT2D eigenvalue weighted by Gasteiger charge is -2.28. The summed E-state index contributed by atoms with van der Waals surface area (Å²) in [5, 5.41) is 1.01. The van der Waals surface area contributed by atoms with Crippen molar-refractivity contribution in [2.24, 2.45) is 11.8 Å². The predicted molar refractivity (Wildman–Crippen MR) is 59.2 cm³/mol. The summed E-state index contributed by atoms with van der Waals surface area (Å²) in [6.07, 6.45) is 6.71. The van der Waals surface area contributed by atoms with Crippen molar-refractivity contribution in [3.63, 3.8) is 0 Å². The zero-order chi connectivity index (χ0) is 9.68. The summed E-state index contributed by atoms with van der Waals surface area (Å²) in [7, 11) is 0. The molecule has 1 aliphatic rings. The van der Waals surface area contributed by atoms with Crippen LogP contribution in [0.2, 0.25) is 0 Å². The van der Waals surface area contributed by atoms with Crippen LogP contribution in [0.5, 0.6) is 0 Å². The second-order valence-electron chi connectivity index (χ2n) is 4.02. The van der Waals surface area contributed by atoms with Crippen molar-refractivity contribution in [2.75, 3.05) is 5.33 Å². The minimum Gasteiger partial charge on any atom is -0.299 e. The van der Waals surface area contributed by atoms with Crippen molar-refractivity contribution in [3.8, 4) is 0 Å². The smallest absolute Gasteiger partial charge is 0.136 e. The highest BCUT2D eigenvalue weighted by Crippen LogP contribution is 2.32. The van der Waals surface area contributed by atoms with E-state index in [0.717, 1.165) is 24.6 Å². The summed E-state index contributed by atoms with van der Waals surface area (Å²) in [5.41, 5.74) is 0. The molecule has 0 spiro atoms. The molecule has 0 aliphatic heterocycles. The van der Waals surface area contributed by atoms with Gasteiger partial charge in [-0.1, -0.05) is 35.7 Å². The molecule has 0 amide bonds. The Bertz CT molecular complexity index is 167. The van der Waals surface area contributed by atoms with Gasteiger partial charge in [-0.15, -0.1) is 0 Å². The number of Topliss-reactive ketones (excluding diaryl/α,β-unsaturated/α-hetero) is 1. The number of carbonyl (C=O) groups is 1. The molecule has 0 N–H and O–H groups in total. The van der Waals surface area contributed by atoms with Gasteiger partial charge in [0, 0.05) is 17.7 Å². The number of alkyl halides is 1. The SMILES string of the molecule is CCCCC1C(=O)CCCC1CBr. The molecule has 0 bridgehead atoms. The third kappa shape index (κ3) is 3.08. The molecule has 13 heavy (non-hydrogen) atoms. The highest BCUT2D eigenvalue weighted by Gasteiger charge is 2.29. The first kappa shape index (κ1) is 11.2. The van der Waals surface area contributed by atoms with E-state index in [1.807, 2.05) is 0 Å². The fraction of sp³-hybridized carbons (Fsp3) is 0.909. The highest BCUT2D eigenvalue weighted by atomic mass is 79.9. The third-order valence-electron chi connectivity index (χ3n) is 3.05. The summed E-state index contributed by atoms with van der Waals surface area (Å²) in [4.78, 5) is 11.6. The Morgan fingerprint density at radius 3 is 2.92 bits per heavy atom. The maximum Gasteiger partial charge on any atom is 0.136 e. The Labute approximate surface area is 89.4 Å². The fourth-order valence-electron chi connectivity index (χ4n) is 2.19. The maximum absolute atomic E-state index is 11.6. The molecule has 1 rings (SSSR count). The van der Waals surface area contributed by atoms with Gasteiger partial charge < -0.3 is 0 Å². The predicted octanol–water partition coefficient (Wildman–Crippen LogP) is 3.56. The zero-order valence-electron chi connectivity index (χ0n) is 8.39. The number of unbranched alkanes of at least 4 members (excludes halogenated alkanes) is 1.